The molecule has 0 bridgehead atoms. The Morgan fingerprint density at radius 2 is 1.04 bits per heavy atom. The standard InChI is InChI=1S/C9H7F13O3S.Na/c10-1(3(12)5(14)15)2(11)4(13)7(17,18)9(21,22)8(19,20)6(16)26(23,24)25;/h1-6H,(H,23,24,25);/q;+1/p-1. The van der Waals surface area contributed by atoms with Crippen molar-refractivity contribution in [1.29, 1.82) is 0 Å². The fraction of sp³-hybridized carbons (Fsp3) is 1.00. The van der Waals surface area contributed by atoms with Gasteiger partial charge in [-0.05, 0) is 0 Å². The summed E-state index contributed by atoms with van der Waals surface area (Å²) in [6, 6.07) is 0. The summed E-state index contributed by atoms with van der Waals surface area (Å²) < 4.78 is 196. The summed E-state index contributed by atoms with van der Waals surface area (Å²) in [4.78, 5) is 0. The van der Waals surface area contributed by atoms with Crippen LogP contribution in [0.2, 0.25) is 0 Å². The zero-order valence-corrected chi connectivity index (χ0v) is 15.3. The van der Waals surface area contributed by atoms with Crippen molar-refractivity contribution in [2.45, 2.75) is 54.4 Å². The van der Waals surface area contributed by atoms with E-state index in [0.717, 1.165) is 0 Å². The van der Waals surface area contributed by atoms with E-state index in [9.17, 15) is 70.0 Å². The quantitative estimate of drug-likeness (QED) is 0.282. The van der Waals surface area contributed by atoms with E-state index in [1.54, 1.807) is 0 Å². The molecular weight excluding hydrogens is 458 g/mol. The molecule has 0 aromatic heterocycles. The second-order valence-electron chi connectivity index (χ2n) is 4.70. The number of rotatable bonds is 9. The molecule has 0 spiro atoms. The summed E-state index contributed by atoms with van der Waals surface area (Å²) in [6.45, 7) is 0. The molecule has 0 aliphatic heterocycles. The first kappa shape index (κ1) is 29.2. The molecule has 18 heteroatoms. The Bertz CT molecular complexity index is 586. The Balaban J connectivity index is 0. The maximum absolute atomic E-state index is 13.1. The summed E-state index contributed by atoms with van der Waals surface area (Å²) in [6.07, 6.45) is -23.7. The van der Waals surface area contributed by atoms with Crippen LogP contribution in [-0.4, -0.2) is 67.4 Å². The van der Waals surface area contributed by atoms with Crippen molar-refractivity contribution >= 4 is 10.1 Å². The molecule has 5 unspecified atom stereocenters. The van der Waals surface area contributed by atoms with Gasteiger partial charge in [0.2, 0.25) is 6.17 Å². The van der Waals surface area contributed by atoms with Crippen LogP contribution in [0.15, 0.2) is 0 Å². The second kappa shape index (κ2) is 9.21. The van der Waals surface area contributed by atoms with Crippen molar-refractivity contribution < 1.29 is 99.6 Å². The summed E-state index contributed by atoms with van der Waals surface area (Å²) >= 11 is 0. The SMILES string of the molecule is O=S(=O)([O-])C(F)C(F)(F)C(F)(F)C(F)(F)C(F)C(F)C(F)C(F)C(F)F.[Na+]. The first-order chi connectivity index (χ1) is 11.2. The fourth-order valence-electron chi connectivity index (χ4n) is 1.40. The van der Waals surface area contributed by atoms with Crippen LogP contribution in [0.5, 0.6) is 0 Å². The van der Waals surface area contributed by atoms with E-state index in [2.05, 4.69) is 0 Å². The molecular formula is C9H6F13NaO3S. The first-order valence-electron chi connectivity index (χ1n) is 5.81. The molecule has 3 nitrogen and oxygen atoms in total. The molecule has 0 radical (unpaired) electrons. The van der Waals surface area contributed by atoms with E-state index < -0.39 is 64.5 Å². The van der Waals surface area contributed by atoms with E-state index in [1.807, 2.05) is 0 Å². The van der Waals surface area contributed by atoms with Gasteiger partial charge in [0.15, 0.2) is 18.5 Å². The van der Waals surface area contributed by atoms with Gasteiger partial charge in [0.05, 0.1) is 0 Å². The van der Waals surface area contributed by atoms with Crippen LogP contribution < -0.4 is 29.6 Å². The van der Waals surface area contributed by atoms with Gasteiger partial charge in [0.25, 0.3) is 11.9 Å². The summed E-state index contributed by atoms with van der Waals surface area (Å²) in [7, 11) is -7.02. The number of alkyl halides is 13. The Morgan fingerprint density at radius 1 is 0.667 bits per heavy atom. The van der Waals surface area contributed by atoms with Gasteiger partial charge in [0, 0.05) is 0 Å². The van der Waals surface area contributed by atoms with Crippen molar-refractivity contribution in [3.8, 4) is 0 Å². The fourth-order valence-corrected chi connectivity index (χ4v) is 1.91. The second-order valence-corrected chi connectivity index (χ2v) is 6.10. The molecule has 0 amide bonds. The zero-order chi connectivity index (χ0) is 21.5. The van der Waals surface area contributed by atoms with Crippen LogP contribution in [0.4, 0.5) is 57.1 Å². The Morgan fingerprint density at radius 3 is 1.33 bits per heavy atom. The van der Waals surface area contributed by atoms with Crippen molar-refractivity contribution in [2.24, 2.45) is 0 Å². The van der Waals surface area contributed by atoms with E-state index in [1.165, 1.54) is 0 Å². The first-order valence-corrected chi connectivity index (χ1v) is 7.28. The molecule has 0 N–H and O–H groups in total. The van der Waals surface area contributed by atoms with Crippen molar-refractivity contribution in [3.63, 3.8) is 0 Å². The largest absolute Gasteiger partial charge is 1.00 e. The van der Waals surface area contributed by atoms with Gasteiger partial charge in [-0.3, -0.25) is 0 Å². The Hall–Kier alpha value is -0.000000000000000444. The molecule has 0 rings (SSSR count). The van der Waals surface area contributed by atoms with Gasteiger partial charge in [-0.15, -0.1) is 0 Å². The topological polar surface area (TPSA) is 57.2 Å². The molecule has 0 aliphatic rings. The van der Waals surface area contributed by atoms with Crippen molar-refractivity contribution in [3.05, 3.63) is 0 Å². The molecule has 0 aliphatic carbocycles. The molecule has 0 aromatic rings. The third-order valence-electron chi connectivity index (χ3n) is 2.85. The minimum atomic E-state index is -7.48. The van der Waals surface area contributed by atoms with Gasteiger partial charge >= 0.3 is 47.3 Å². The van der Waals surface area contributed by atoms with Gasteiger partial charge in [-0.2, -0.15) is 26.3 Å². The maximum Gasteiger partial charge on any atom is 1.00 e. The summed E-state index contributed by atoms with van der Waals surface area (Å²) in [5.74, 6) is -21.8. The molecule has 5 atom stereocenters. The predicted molar refractivity (Wildman–Crippen MR) is 55.0 cm³/mol. The normalized spacial score (nSPS) is 19.8. The van der Waals surface area contributed by atoms with E-state index in [-0.39, 0.29) is 29.6 Å². The molecule has 0 fully saturated rings. The van der Waals surface area contributed by atoms with Crippen LogP contribution in [0.25, 0.3) is 0 Å². The van der Waals surface area contributed by atoms with Gasteiger partial charge < -0.3 is 4.55 Å². The minimum absolute atomic E-state index is 0. The van der Waals surface area contributed by atoms with Crippen molar-refractivity contribution in [2.75, 3.05) is 0 Å². The third-order valence-corrected chi connectivity index (χ3v) is 3.65. The number of halogens is 13. The molecule has 158 valence electrons. The zero-order valence-electron chi connectivity index (χ0n) is 12.5. The van der Waals surface area contributed by atoms with Crippen LogP contribution in [0.1, 0.15) is 0 Å². The van der Waals surface area contributed by atoms with Crippen LogP contribution in [0.3, 0.4) is 0 Å². The monoisotopic (exact) mass is 464 g/mol. The van der Waals surface area contributed by atoms with Gasteiger partial charge in [-0.1, -0.05) is 0 Å². The van der Waals surface area contributed by atoms with Gasteiger partial charge in [0.1, 0.15) is 10.1 Å². The summed E-state index contributed by atoms with van der Waals surface area (Å²) in [5, 5.41) is 0. The van der Waals surface area contributed by atoms with Crippen LogP contribution in [0, 0.1) is 0 Å². The van der Waals surface area contributed by atoms with Gasteiger partial charge in [-0.25, -0.2) is 39.2 Å². The number of hydrogen-bond acceptors (Lipinski definition) is 3. The molecule has 0 saturated heterocycles. The third kappa shape index (κ3) is 5.54. The predicted octanol–water partition coefficient (Wildman–Crippen LogP) is 0.355. The van der Waals surface area contributed by atoms with E-state index >= 15 is 0 Å². The molecule has 0 aromatic carbocycles. The summed E-state index contributed by atoms with van der Waals surface area (Å²) in [5.41, 5.74) is -5.57. The smallest absolute Gasteiger partial charge is 0.746 e. The average Bonchev–Trinajstić information content (AvgIpc) is 2.49. The van der Waals surface area contributed by atoms with Crippen molar-refractivity contribution in [1.82, 2.24) is 0 Å². The molecule has 0 saturated carbocycles. The average molecular weight is 464 g/mol. The maximum atomic E-state index is 13.1. The Labute approximate surface area is 164 Å². The molecule has 27 heavy (non-hydrogen) atoms. The van der Waals surface area contributed by atoms with Crippen LogP contribution in [-0.2, 0) is 10.1 Å². The van der Waals surface area contributed by atoms with Crippen LogP contribution >= 0.6 is 0 Å². The number of hydrogen-bond donors (Lipinski definition) is 0. The van der Waals surface area contributed by atoms with E-state index in [0.29, 0.717) is 0 Å². The molecule has 0 heterocycles. The van der Waals surface area contributed by atoms with E-state index in [4.69, 9.17) is 0 Å². The minimum Gasteiger partial charge on any atom is -0.746 e. The Kier molecular flexibility index (Phi) is 9.96.